The van der Waals surface area contributed by atoms with E-state index in [1.54, 1.807) is 0 Å². The summed E-state index contributed by atoms with van der Waals surface area (Å²) in [6, 6.07) is 0. The fourth-order valence-electron chi connectivity index (χ4n) is 7.31. The lowest BCUT2D eigenvalue weighted by atomic mass is 9.46. The average Bonchev–Trinajstić information content (AvgIpc) is 2.92. The number of carbonyl (C=O) groups excluding carboxylic acids is 2. The molecule has 0 saturated heterocycles. The largest absolute Gasteiger partial charge is 0.381 e. The lowest BCUT2D eigenvalue weighted by molar-refractivity contribution is -0.164. The summed E-state index contributed by atoms with van der Waals surface area (Å²) in [6.07, 6.45) is 8.99. The Bertz CT molecular complexity index is 876. The van der Waals surface area contributed by atoms with E-state index in [0.29, 0.717) is 24.7 Å². The summed E-state index contributed by atoms with van der Waals surface area (Å²) in [4.78, 5) is 24.8. The number of aliphatic hydroxyl groups is 1. The first-order chi connectivity index (χ1) is 13.4. The zero-order chi connectivity index (χ0) is 21.2. The maximum atomic E-state index is 12.9. The highest BCUT2D eigenvalue weighted by molar-refractivity contribution is 7.86. The van der Waals surface area contributed by atoms with Crippen molar-refractivity contribution >= 4 is 21.7 Å². The van der Waals surface area contributed by atoms with E-state index in [4.69, 9.17) is 4.18 Å². The minimum atomic E-state index is -3.74. The molecule has 0 aromatic heterocycles. The summed E-state index contributed by atoms with van der Waals surface area (Å²) in [6.45, 7) is 3.72. The van der Waals surface area contributed by atoms with Crippen molar-refractivity contribution in [3.05, 3.63) is 11.6 Å². The van der Waals surface area contributed by atoms with Crippen LogP contribution in [0, 0.1) is 28.6 Å². The van der Waals surface area contributed by atoms with Gasteiger partial charge in [0.25, 0.3) is 10.1 Å². The van der Waals surface area contributed by atoms with Crippen molar-refractivity contribution in [3.63, 3.8) is 0 Å². The highest BCUT2D eigenvalue weighted by Gasteiger charge is 2.66. The molecule has 0 heterocycles. The van der Waals surface area contributed by atoms with E-state index in [9.17, 15) is 23.1 Å². The van der Waals surface area contributed by atoms with Crippen molar-refractivity contribution in [1.82, 2.24) is 0 Å². The molecule has 0 aromatic carbocycles. The fraction of sp³-hybridized carbons (Fsp3) is 0.818. The van der Waals surface area contributed by atoms with Crippen molar-refractivity contribution < 1.29 is 27.3 Å². The molecule has 7 heteroatoms. The minimum absolute atomic E-state index is 0.0439. The first-order valence-corrected chi connectivity index (χ1v) is 12.6. The molecule has 1 N–H and O–H groups in total. The molecule has 29 heavy (non-hydrogen) atoms. The van der Waals surface area contributed by atoms with E-state index in [2.05, 4.69) is 6.92 Å². The molecule has 0 aromatic rings. The molecule has 162 valence electrons. The third-order valence-corrected chi connectivity index (χ3v) is 9.52. The second-order valence-electron chi connectivity index (χ2n) is 10.2. The van der Waals surface area contributed by atoms with Crippen molar-refractivity contribution in [2.45, 2.75) is 70.8 Å². The Morgan fingerprint density at radius 1 is 1.14 bits per heavy atom. The Labute approximate surface area is 173 Å². The molecule has 0 bridgehead atoms. The van der Waals surface area contributed by atoms with Crippen LogP contribution in [0.5, 0.6) is 0 Å². The summed E-state index contributed by atoms with van der Waals surface area (Å²) >= 11 is 0. The van der Waals surface area contributed by atoms with Crippen LogP contribution >= 0.6 is 0 Å². The molecule has 0 radical (unpaired) electrons. The number of rotatable bonds is 4. The van der Waals surface area contributed by atoms with Gasteiger partial charge in [-0.2, -0.15) is 8.42 Å². The van der Waals surface area contributed by atoms with Crippen LogP contribution in [0.25, 0.3) is 0 Å². The first kappa shape index (κ1) is 21.2. The van der Waals surface area contributed by atoms with E-state index in [1.807, 2.05) is 13.0 Å². The Morgan fingerprint density at radius 3 is 2.52 bits per heavy atom. The van der Waals surface area contributed by atoms with Gasteiger partial charge in [-0.3, -0.25) is 13.8 Å². The monoisotopic (exact) mass is 424 g/mol. The Balaban J connectivity index is 1.60. The number of allylic oxidation sites excluding steroid dienone is 1. The minimum Gasteiger partial charge on any atom is -0.381 e. The van der Waals surface area contributed by atoms with E-state index in [0.717, 1.165) is 44.8 Å². The number of fused-ring (bicyclic) bond motifs is 5. The highest BCUT2D eigenvalue weighted by Crippen LogP contribution is 2.67. The molecule has 0 unspecified atom stereocenters. The number of hydrogen-bond acceptors (Lipinski definition) is 6. The number of Topliss-reactive ketones (excluding diaryl/α,β-unsaturated/α-hetero) is 1. The predicted octanol–water partition coefficient (Wildman–Crippen LogP) is 2.79. The van der Waals surface area contributed by atoms with Gasteiger partial charge < -0.3 is 5.11 Å². The zero-order valence-corrected chi connectivity index (χ0v) is 18.4. The van der Waals surface area contributed by atoms with Crippen LogP contribution in [0.1, 0.15) is 65.2 Å². The van der Waals surface area contributed by atoms with Gasteiger partial charge in [0.15, 0.2) is 11.6 Å². The Hall–Kier alpha value is -1.05. The van der Waals surface area contributed by atoms with Gasteiger partial charge in [-0.15, -0.1) is 0 Å². The van der Waals surface area contributed by atoms with E-state index >= 15 is 0 Å². The number of hydrogen-bond donors (Lipinski definition) is 1. The maximum Gasteiger partial charge on any atom is 0.264 e. The number of carbonyl (C=O) groups is 2. The quantitative estimate of drug-likeness (QED) is 0.697. The topological polar surface area (TPSA) is 97.7 Å². The lowest BCUT2D eigenvalue weighted by Gasteiger charge is -2.58. The molecule has 4 aliphatic rings. The van der Waals surface area contributed by atoms with E-state index in [-0.39, 0.29) is 17.1 Å². The smallest absolute Gasteiger partial charge is 0.264 e. The Morgan fingerprint density at radius 2 is 1.83 bits per heavy atom. The molecule has 3 fully saturated rings. The third-order valence-electron chi connectivity index (χ3n) is 8.98. The van der Waals surface area contributed by atoms with Gasteiger partial charge in [0.2, 0.25) is 0 Å². The molecule has 0 aliphatic heterocycles. The molecule has 0 amide bonds. The summed E-state index contributed by atoms with van der Waals surface area (Å²) in [5.41, 5.74) is -0.756. The van der Waals surface area contributed by atoms with Gasteiger partial charge in [0, 0.05) is 11.8 Å². The first-order valence-electron chi connectivity index (χ1n) is 10.7. The maximum absolute atomic E-state index is 12.9. The van der Waals surface area contributed by atoms with E-state index in [1.165, 1.54) is 5.57 Å². The molecule has 3 saturated carbocycles. The molecule has 0 spiro atoms. The standard InChI is InChI=1S/C22H32O6S/c1-20-9-6-15(23)12-14(20)4-5-16-17(20)7-10-21(2)18(16)8-11-22(21,25)19(24)13-28-29(3,26)27/h12,16-18,25H,4-11,13H2,1-3H3/t16-,17+,18+,20+,21+,22+/m1/s1. The van der Waals surface area contributed by atoms with Crippen LogP contribution in [0.2, 0.25) is 0 Å². The summed E-state index contributed by atoms with van der Waals surface area (Å²) in [5, 5.41) is 11.5. The van der Waals surface area contributed by atoms with Gasteiger partial charge >= 0.3 is 0 Å². The van der Waals surface area contributed by atoms with Gasteiger partial charge in [-0.25, -0.2) is 0 Å². The van der Waals surface area contributed by atoms with Crippen LogP contribution in [0.3, 0.4) is 0 Å². The number of ketones is 2. The van der Waals surface area contributed by atoms with Gasteiger partial charge in [0.05, 0.1) is 6.26 Å². The SMILES string of the molecule is C[C@]12CCC(=O)C=C1CC[C@@H]1[C@@H]2CC[C@@]2(C)[C@H]1CC[C@]2(O)C(=O)COS(C)(=O)=O. The second-order valence-corrected chi connectivity index (χ2v) is 11.9. The summed E-state index contributed by atoms with van der Waals surface area (Å²) in [7, 11) is -3.74. The Kier molecular flexibility index (Phi) is 4.91. The fourth-order valence-corrected chi connectivity index (χ4v) is 7.63. The summed E-state index contributed by atoms with van der Waals surface area (Å²) in [5.74, 6) is 0.838. The van der Waals surface area contributed by atoms with Crippen molar-refractivity contribution in [3.8, 4) is 0 Å². The van der Waals surface area contributed by atoms with Crippen LogP contribution < -0.4 is 0 Å². The zero-order valence-electron chi connectivity index (χ0n) is 17.6. The van der Waals surface area contributed by atoms with Gasteiger partial charge in [0.1, 0.15) is 12.2 Å². The second kappa shape index (κ2) is 6.72. The molecule has 6 nitrogen and oxygen atoms in total. The van der Waals surface area contributed by atoms with Gasteiger partial charge in [-0.05, 0) is 74.2 Å². The highest BCUT2D eigenvalue weighted by atomic mass is 32.2. The normalized spacial score (nSPS) is 44.5. The van der Waals surface area contributed by atoms with Crippen molar-refractivity contribution in [2.75, 3.05) is 12.9 Å². The third kappa shape index (κ3) is 3.15. The van der Waals surface area contributed by atoms with Crippen LogP contribution in [0.15, 0.2) is 11.6 Å². The van der Waals surface area contributed by atoms with Crippen molar-refractivity contribution in [2.24, 2.45) is 28.6 Å². The average molecular weight is 425 g/mol. The van der Waals surface area contributed by atoms with Crippen molar-refractivity contribution in [1.29, 1.82) is 0 Å². The molecule has 4 rings (SSSR count). The lowest BCUT2D eigenvalue weighted by Crippen LogP contribution is -2.58. The molecule has 4 aliphatic carbocycles. The molecule has 6 atom stereocenters. The van der Waals surface area contributed by atoms with Crippen LogP contribution in [0.4, 0.5) is 0 Å². The van der Waals surface area contributed by atoms with Crippen LogP contribution in [-0.2, 0) is 23.9 Å². The summed E-state index contributed by atoms with van der Waals surface area (Å²) < 4.78 is 27.3. The molecular formula is C22H32O6S. The van der Waals surface area contributed by atoms with Gasteiger partial charge in [-0.1, -0.05) is 19.4 Å². The van der Waals surface area contributed by atoms with Crippen LogP contribution in [-0.4, -0.2) is 43.6 Å². The molecular weight excluding hydrogens is 392 g/mol. The predicted molar refractivity (Wildman–Crippen MR) is 107 cm³/mol. The van der Waals surface area contributed by atoms with E-state index < -0.39 is 33.5 Å².